The second kappa shape index (κ2) is 5.51. The summed E-state index contributed by atoms with van der Waals surface area (Å²) in [6.07, 6.45) is 2.81. The molecular formula is C13H17ClN2O2S. The molecule has 0 fully saturated rings. The number of para-hydroxylation sites is 1. The highest BCUT2D eigenvalue weighted by Gasteiger charge is 2.17. The number of rotatable bonds is 5. The van der Waals surface area contributed by atoms with E-state index in [1.165, 1.54) is 6.26 Å². The molecule has 0 aliphatic rings. The van der Waals surface area contributed by atoms with Crippen molar-refractivity contribution in [2.45, 2.75) is 31.2 Å². The van der Waals surface area contributed by atoms with Crippen LogP contribution in [0.2, 0.25) is 0 Å². The van der Waals surface area contributed by atoms with Crippen molar-refractivity contribution in [3.63, 3.8) is 0 Å². The Morgan fingerprint density at radius 2 is 2.11 bits per heavy atom. The number of imidazole rings is 1. The van der Waals surface area contributed by atoms with Gasteiger partial charge in [0.2, 0.25) is 0 Å². The van der Waals surface area contributed by atoms with Gasteiger partial charge in [0.25, 0.3) is 0 Å². The van der Waals surface area contributed by atoms with E-state index < -0.39 is 9.84 Å². The van der Waals surface area contributed by atoms with Gasteiger partial charge in [-0.2, -0.15) is 0 Å². The Morgan fingerprint density at radius 1 is 1.37 bits per heavy atom. The summed E-state index contributed by atoms with van der Waals surface area (Å²) < 4.78 is 25.7. The van der Waals surface area contributed by atoms with Crippen LogP contribution in [0.25, 0.3) is 11.0 Å². The molecule has 6 heteroatoms. The van der Waals surface area contributed by atoms with Crippen LogP contribution in [-0.4, -0.2) is 30.1 Å². The number of alkyl halides is 1. The monoisotopic (exact) mass is 300 g/mol. The molecule has 4 nitrogen and oxygen atoms in total. The fraction of sp³-hybridized carbons (Fsp3) is 0.462. The summed E-state index contributed by atoms with van der Waals surface area (Å²) in [5.74, 6) is 1.32. The molecule has 0 unspecified atom stereocenters. The number of sulfone groups is 1. The van der Waals surface area contributed by atoms with E-state index in [1.54, 1.807) is 12.1 Å². The van der Waals surface area contributed by atoms with Crippen molar-refractivity contribution in [2.24, 2.45) is 0 Å². The Bertz CT molecular complexity index is 692. The minimum absolute atomic E-state index is 0.288. The van der Waals surface area contributed by atoms with Gasteiger partial charge in [0, 0.05) is 25.1 Å². The van der Waals surface area contributed by atoms with Crippen LogP contribution in [0.5, 0.6) is 0 Å². The van der Waals surface area contributed by atoms with Crippen molar-refractivity contribution in [1.29, 1.82) is 0 Å². The molecule has 0 atom stereocenters. The molecule has 0 saturated heterocycles. The molecule has 19 heavy (non-hydrogen) atoms. The summed E-state index contributed by atoms with van der Waals surface area (Å²) in [5, 5.41) is 0. The summed E-state index contributed by atoms with van der Waals surface area (Å²) in [4.78, 5) is 4.77. The molecule has 0 saturated carbocycles. The second-order valence-electron chi connectivity index (χ2n) is 4.51. The quantitative estimate of drug-likeness (QED) is 0.798. The number of aromatic nitrogens is 2. The van der Waals surface area contributed by atoms with E-state index in [2.05, 4.69) is 16.5 Å². The number of fused-ring (bicyclic) bond motifs is 1. The third kappa shape index (κ3) is 2.77. The first-order chi connectivity index (χ1) is 8.99. The zero-order valence-electron chi connectivity index (χ0n) is 11.1. The molecule has 0 radical (unpaired) electrons. The Balaban J connectivity index is 2.75. The Morgan fingerprint density at radius 3 is 2.68 bits per heavy atom. The summed E-state index contributed by atoms with van der Waals surface area (Å²) in [6.45, 7) is 2.90. The van der Waals surface area contributed by atoms with Crippen molar-refractivity contribution in [1.82, 2.24) is 9.55 Å². The average molecular weight is 301 g/mol. The van der Waals surface area contributed by atoms with E-state index in [4.69, 9.17) is 11.6 Å². The lowest BCUT2D eigenvalue weighted by Crippen LogP contribution is -2.04. The van der Waals surface area contributed by atoms with Gasteiger partial charge in [-0.05, 0) is 18.6 Å². The molecule has 1 heterocycles. The molecule has 0 aliphatic carbocycles. The molecule has 104 valence electrons. The summed E-state index contributed by atoms with van der Waals surface area (Å²) in [7, 11) is -3.27. The molecule has 0 aliphatic heterocycles. The van der Waals surface area contributed by atoms with Crippen LogP contribution >= 0.6 is 11.6 Å². The highest BCUT2D eigenvalue weighted by molar-refractivity contribution is 7.91. The molecule has 0 bridgehead atoms. The van der Waals surface area contributed by atoms with Crippen molar-refractivity contribution in [3.05, 3.63) is 24.0 Å². The second-order valence-corrected chi connectivity index (χ2v) is 6.88. The number of halogens is 1. The molecule has 2 rings (SSSR count). The van der Waals surface area contributed by atoms with E-state index >= 15 is 0 Å². The van der Waals surface area contributed by atoms with E-state index in [0.29, 0.717) is 17.8 Å². The van der Waals surface area contributed by atoms with Crippen LogP contribution in [0.3, 0.4) is 0 Å². The molecule has 0 spiro atoms. The lowest BCUT2D eigenvalue weighted by molar-refractivity contribution is 0.602. The summed E-state index contributed by atoms with van der Waals surface area (Å²) in [5.41, 5.74) is 1.42. The van der Waals surface area contributed by atoms with Crippen LogP contribution < -0.4 is 0 Å². The number of nitrogens with zero attached hydrogens (tertiary/aromatic N) is 2. The van der Waals surface area contributed by atoms with Gasteiger partial charge in [0.1, 0.15) is 11.3 Å². The van der Waals surface area contributed by atoms with E-state index in [0.717, 1.165) is 24.3 Å². The largest absolute Gasteiger partial charge is 0.328 e. The van der Waals surface area contributed by atoms with Gasteiger partial charge < -0.3 is 4.57 Å². The molecule has 2 aromatic rings. The predicted octanol–water partition coefficient (Wildman–Crippen LogP) is 2.63. The normalized spacial score (nSPS) is 12.2. The average Bonchev–Trinajstić information content (AvgIpc) is 2.67. The lowest BCUT2D eigenvalue weighted by atomic mass is 10.3. The van der Waals surface area contributed by atoms with Gasteiger partial charge in [-0.25, -0.2) is 13.4 Å². The maximum Gasteiger partial charge on any atom is 0.177 e. The summed E-state index contributed by atoms with van der Waals surface area (Å²) >= 11 is 5.79. The first-order valence-electron chi connectivity index (χ1n) is 6.23. The first-order valence-corrected chi connectivity index (χ1v) is 8.65. The first kappa shape index (κ1) is 14.3. The van der Waals surface area contributed by atoms with E-state index in [-0.39, 0.29) is 4.90 Å². The highest BCUT2D eigenvalue weighted by Crippen LogP contribution is 2.24. The SMILES string of the molecule is CCCn1c(CCCl)nc2c(S(C)(=O)=O)cccc21. The topological polar surface area (TPSA) is 52.0 Å². The van der Waals surface area contributed by atoms with Crippen LogP contribution in [0, 0.1) is 0 Å². The highest BCUT2D eigenvalue weighted by atomic mass is 35.5. The molecule has 1 aromatic heterocycles. The molecule has 1 aromatic carbocycles. The maximum atomic E-state index is 11.8. The Hall–Kier alpha value is -1.07. The van der Waals surface area contributed by atoms with E-state index in [9.17, 15) is 8.42 Å². The predicted molar refractivity (Wildman–Crippen MR) is 77.6 cm³/mol. The number of hydrogen-bond donors (Lipinski definition) is 0. The number of benzene rings is 1. The minimum atomic E-state index is -3.27. The molecular weight excluding hydrogens is 284 g/mol. The maximum absolute atomic E-state index is 11.8. The third-order valence-corrected chi connectivity index (χ3v) is 4.30. The van der Waals surface area contributed by atoms with Crippen LogP contribution in [0.1, 0.15) is 19.2 Å². The summed E-state index contributed by atoms with van der Waals surface area (Å²) in [6, 6.07) is 5.27. The third-order valence-electron chi connectivity index (χ3n) is 2.99. The smallest absolute Gasteiger partial charge is 0.177 e. The lowest BCUT2D eigenvalue weighted by Gasteiger charge is -2.06. The van der Waals surface area contributed by atoms with Crippen molar-refractivity contribution in [2.75, 3.05) is 12.1 Å². The van der Waals surface area contributed by atoms with Crippen molar-refractivity contribution >= 4 is 32.5 Å². The van der Waals surface area contributed by atoms with Crippen LogP contribution in [0.4, 0.5) is 0 Å². The van der Waals surface area contributed by atoms with Gasteiger partial charge in [-0.15, -0.1) is 11.6 Å². The zero-order valence-corrected chi connectivity index (χ0v) is 12.6. The number of hydrogen-bond acceptors (Lipinski definition) is 3. The Labute approximate surface area is 118 Å². The zero-order chi connectivity index (χ0) is 14.0. The van der Waals surface area contributed by atoms with Gasteiger partial charge in [0.15, 0.2) is 9.84 Å². The fourth-order valence-electron chi connectivity index (χ4n) is 2.22. The van der Waals surface area contributed by atoms with Crippen molar-refractivity contribution in [3.8, 4) is 0 Å². The van der Waals surface area contributed by atoms with Crippen molar-refractivity contribution < 1.29 is 8.42 Å². The number of aryl methyl sites for hydroxylation is 2. The minimum Gasteiger partial charge on any atom is -0.328 e. The van der Waals surface area contributed by atoms with Gasteiger partial charge in [-0.3, -0.25) is 0 Å². The van der Waals surface area contributed by atoms with Gasteiger partial charge >= 0.3 is 0 Å². The van der Waals surface area contributed by atoms with Gasteiger partial charge in [0.05, 0.1) is 10.4 Å². The Kier molecular flexibility index (Phi) is 4.16. The van der Waals surface area contributed by atoms with E-state index in [1.807, 2.05) is 6.07 Å². The van der Waals surface area contributed by atoms with Crippen LogP contribution in [-0.2, 0) is 22.8 Å². The fourth-order valence-corrected chi connectivity index (χ4v) is 3.21. The molecule has 0 amide bonds. The standard InChI is InChI=1S/C13H17ClN2O2S/c1-3-9-16-10-5-4-6-11(19(2,17)18)13(10)15-12(16)7-8-14/h4-6H,3,7-9H2,1-2H3. The van der Waals surface area contributed by atoms with Crippen LogP contribution in [0.15, 0.2) is 23.1 Å². The molecule has 0 N–H and O–H groups in total. The van der Waals surface area contributed by atoms with Gasteiger partial charge in [-0.1, -0.05) is 13.0 Å².